The lowest BCUT2D eigenvalue weighted by Gasteiger charge is -2.27. The molecule has 0 amide bonds. The van der Waals surface area contributed by atoms with Gasteiger partial charge in [-0.1, -0.05) is 6.08 Å². The second-order valence-corrected chi connectivity index (χ2v) is 5.26. The summed E-state index contributed by atoms with van der Waals surface area (Å²) in [6, 6.07) is 2.40. The van der Waals surface area contributed by atoms with Crippen molar-refractivity contribution in [2.24, 2.45) is 0 Å². The minimum Gasteiger partial charge on any atom is -0.350 e. The molecule has 0 saturated heterocycles. The summed E-state index contributed by atoms with van der Waals surface area (Å²) in [6.45, 7) is 8.84. The third-order valence-corrected chi connectivity index (χ3v) is 3.03. The van der Waals surface area contributed by atoms with Crippen molar-refractivity contribution >= 4 is 37.7 Å². The van der Waals surface area contributed by atoms with Crippen molar-refractivity contribution in [1.29, 1.82) is 0 Å². The Morgan fingerprint density at radius 3 is 2.67 bits per heavy atom. The summed E-state index contributed by atoms with van der Waals surface area (Å²) in [6.07, 6.45) is 3.69. The Hall–Kier alpha value is -0.350. The molecule has 0 aromatic carbocycles. The zero-order valence-corrected chi connectivity index (χ0v) is 12.0. The second kappa shape index (κ2) is 5.66. The van der Waals surface area contributed by atoms with Crippen molar-refractivity contribution in [3.05, 3.63) is 33.9 Å². The molecule has 0 fully saturated rings. The average Bonchev–Trinajstić information content (AvgIpc) is 2.15. The summed E-state index contributed by atoms with van der Waals surface area (Å²) < 4.78 is 1.97. The van der Waals surface area contributed by atoms with Gasteiger partial charge in [-0.2, -0.15) is 0 Å². The maximum atomic E-state index is 4.40. The molecule has 0 spiro atoms. The first-order valence-electron chi connectivity index (χ1n) is 4.75. The Kier molecular flexibility index (Phi) is 4.80. The molecule has 1 aromatic rings. The monoisotopic (exact) mass is 332 g/mol. The van der Waals surface area contributed by atoms with Crippen LogP contribution in [0.2, 0.25) is 0 Å². The Labute approximate surface area is 108 Å². The predicted octanol–water partition coefficient (Wildman–Crippen LogP) is 4.01. The van der Waals surface area contributed by atoms with Crippen LogP contribution in [0.25, 0.3) is 0 Å². The van der Waals surface area contributed by atoms with Crippen LogP contribution in [0, 0.1) is 0 Å². The quantitative estimate of drug-likeness (QED) is 0.774. The predicted molar refractivity (Wildman–Crippen MR) is 72.3 cm³/mol. The first-order chi connectivity index (χ1) is 7.06. The van der Waals surface area contributed by atoms with E-state index < -0.39 is 0 Å². The van der Waals surface area contributed by atoms with E-state index in [0.29, 0.717) is 6.04 Å². The van der Waals surface area contributed by atoms with E-state index in [1.807, 2.05) is 12.1 Å². The Morgan fingerprint density at radius 2 is 2.20 bits per heavy atom. The van der Waals surface area contributed by atoms with E-state index in [1.165, 1.54) is 0 Å². The number of pyridine rings is 1. The normalized spacial score (nSPS) is 10.5. The summed E-state index contributed by atoms with van der Waals surface area (Å²) in [4.78, 5) is 6.59. The zero-order chi connectivity index (χ0) is 11.4. The van der Waals surface area contributed by atoms with Gasteiger partial charge in [0.15, 0.2) is 0 Å². The molecule has 0 aliphatic carbocycles. The molecule has 0 N–H and O–H groups in total. The van der Waals surface area contributed by atoms with E-state index >= 15 is 0 Å². The number of hydrogen-bond acceptors (Lipinski definition) is 2. The highest BCUT2D eigenvalue weighted by Crippen LogP contribution is 2.27. The van der Waals surface area contributed by atoms with Crippen LogP contribution in [-0.4, -0.2) is 17.6 Å². The van der Waals surface area contributed by atoms with Crippen LogP contribution in [0.3, 0.4) is 0 Å². The van der Waals surface area contributed by atoms with Crippen LogP contribution < -0.4 is 4.90 Å². The fourth-order valence-corrected chi connectivity index (χ4v) is 2.51. The first-order valence-corrected chi connectivity index (χ1v) is 6.33. The molecular weight excluding hydrogens is 320 g/mol. The molecule has 4 heteroatoms. The average molecular weight is 334 g/mol. The fourth-order valence-electron chi connectivity index (χ4n) is 1.30. The van der Waals surface area contributed by atoms with Crippen molar-refractivity contribution < 1.29 is 0 Å². The van der Waals surface area contributed by atoms with E-state index in [1.54, 1.807) is 6.20 Å². The molecule has 1 aromatic heterocycles. The van der Waals surface area contributed by atoms with Gasteiger partial charge in [-0.15, -0.1) is 6.58 Å². The van der Waals surface area contributed by atoms with Gasteiger partial charge in [0.05, 0.1) is 4.47 Å². The number of anilines is 1. The van der Waals surface area contributed by atoms with E-state index in [4.69, 9.17) is 0 Å². The summed E-state index contributed by atoms with van der Waals surface area (Å²) in [5, 5.41) is 0. The van der Waals surface area contributed by atoms with Crippen LogP contribution in [0.1, 0.15) is 13.8 Å². The lowest BCUT2D eigenvalue weighted by Crippen LogP contribution is -2.31. The molecule has 0 radical (unpaired) electrons. The van der Waals surface area contributed by atoms with Crippen LogP contribution in [0.15, 0.2) is 33.9 Å². The van der Waals surface area contributed by atoms with Crippen LogP contribution in [0.5, 0.6) is 0 Å². The van der Waals surface area contributed by atoms with Crippen LogP contribution in [0.4, 0.5) is 5.82 Å². The van der Waals surface area contributed by atoms with Gasteiger partial charge in [-0.25, -0.2) is 4.98 Å². The van der Waals surface area contributed by atoms with E-state index in [2.05, 4.69) is 62.2 Å². The Bertz CT molecular complexity index is 350. The van der Waals surface area contributed by atoms with E-state index in [9.17, 15) is 0 Å². The molecule has 0 bridgehead atoms. The molecule has 0 saturated carbocycles. The van der Waals surface area contributed by atoms with Gasteiger partial charge in [0, 0.05) is 23.3 Å². The van der Waals surface area contributed by atoms with Gasteiger partial charge < -0.3 is 4.90 Å². The van der Waals surface area contributed by atoms with Crippen molar-refractivity contribution in [1.82, 2.24) is 4.98 Å². The number of halogens is 2. The third-order valence-electron chi connectivity index (χ3n) is 2.01. The standard InChI is InChI=1S/C11H14Br2N2/c1-4-5-15(8(2)3)11-10(13)6-9(12)7-14-11/h4,6-8H,1,5H2,2-3H3. The summed E-state index contributed by atoms with van der Waals surface area (Å²) in [7, 11) is 0. The maximum absolute atomic E-state index is 4.40. The molecule has 0 atom stereocenters. The largest absolute Gasteiger partial charge is 0.350 e. The van der Waals surface area contributed by atoms with E-state index in [-0.39, 0.29) is 0 Å². The molecule has 1 heterocycles. The van der Waals surface area contributed by atoms with Gasteiger partial charge in [0.1, 0.15) is 5.82 Å². The van der Waals surface area contributed by atoms with Crippen LogP contribution >= 0.6 is 31.9 Å². The Balaban J connectivity index is 3.05. The maximum Gasteiger partial charge on any atom is 0.143 e. The number of nitrogens with zero attached hydrogens (tertiary/aromatic N) is 2. The number of aromatic nitrogens is 1. The molecule has 0 aliphatic heterocycles. The van der Waals surface area contributed by atoms with Gasteiger partial charge in [-0.3, -0.25) is 0 Å². The fraction of sp³-hybridized carbons (Fsp3) is 0.364. The van der Waals surface area contributed by atoms with Gasteiger partial charge in [0.2, 0.25) is 0 Å². The smallest absolute Gasteiger partial charge is 0.143 e. The summed E-state index contributed by atoms with van der Waals surface area (Å²) in [5.41, 5.74) is 0. The lowest BCUT2D eigenvalue weighted by atomic mass is 10.3. The highest BCUT2D eigenvalue weighted by Gasteiger charge is 2.13. The van der Waals surface area contributed by atoms with Gasteiger partial charge in [0.25, 0.3) is 0 Å². The van der Waals surface area contributed by atoms with Crippen molar-refractivity contribution in [2.45, 2.75) is 19.9 Å². The van der Waals surface area contributed by atoms with Gasteiger partial charge >= 0.3 is 0 Å². The van der Waals surface area contributed by atoms with Crippen molar-refractivity contribution in [2.75, 3.05) is 11.4 Å². The second-order valence-electron chi connectivity index (χ2n) is 3.49. The topological polar surface area (TPSA) is 16.1 Å². The number of rotatable bonds is 4. The molecule has 0 aliphatic rings. The molecular formula is C11H14Br2N2. The molecule has 82 valence electrons. The lowest BCUT2D eigenvalue weighted by molar-refractivity contribution is 0.710. The SMILES string of the molecule is C=CCN(c1ncc(Br)cc1Br)C(C)C. The van der Waals surface area contributed by atoms with Crippen molar-refractivity contribution in [3.63, 3.8) is 0 Å². The van der Waals surface area contributed by atoms with Crippen molar-refractivity contribution in [3.8, 4) is 0 Å². The summed E-state index contributed by atoms with van der Waals surface area (Å²) >= 11 is 6.91. The van der Waals surface area contributed by atoms with Crippen LogP contribution in [-0.2, 0) is 0 Å². The highest BCUT2D eigenvalue weighted by atomic mass is 79.9. The summed E-state index contributed by atoms with van der Waals surface area (Å²) in [5.74, 6) is 0.952. The molecule has 15 heavy (non-hydrogen) atoms. The Morgan fingerprint density at radius 1 is 1.53 bits per heavy atom. The minimum atomic E-state index is 0.396. The minimum absolute atomic E-state index is 0.396. The van der Waals surface area contributed by atoms with E-state index in [0.717, 1.165) is 21.3 Å². The first kappa shape index (κ1) is 12.7. The highest BCUT2D eigenvalue weighted by molar-refractivity contribution is 9.11. The molecule has 1 rings (SSSR count). The third kappa shape index (κ3) is 3.31. The van der Waals surface area contributed by atoms with Gasteiger partial charge in [-0.05, 0) is 51.8 Å². The zero-order valence-electron chi connectivity index (χ0n) is 8.87. The number of hydrogen-bond donors (Lipinski definition) is 0. The molecule has 2 nitrogen and oxygen atoms in total. The molecule has 0 unspecified atom stereocenters.